The van der Waals surface area contributed by atoms with Crippen molar-refractivity contribution in [2.45, 2.75) is 63.5 Å². The Labute approximate surface area is 208 Å². The van der Waals surface area contributed by atoms with Gasteiger partial charge in [0.05, 0.1) is 0 Å². The van der Waals surface area contributed by atoms with Crippen LogP contribution in [-0.4, -0.2) is 36.0 Å². The Balaban J connectivity index is 1.34. The number of likely N-dealkylation sites (tertiary alicyclic amines) is 1. The van der Waals surface area contributed by atoms with Crippen molar-refractivity contribution < 1.29 is 9.18 Å². The summed E-state index contributed by atoms with van der Waals surface area (Å²) in [4.78, 5) is 18.3. The second-order valence-electron chi connectivity index (χ2n) is 10.2. The lowest BCUT2D eigenvalue weighted by Crippen LogP contribution is -2.51. The summed E-state index contributed by atoms with van der Waals surface area (Å²) in [6.45, 7) is 4.05. The van der Waals surface area contributed by atoms with E-state index in [9.17, 15) is 9.18 Å². The zero-order chi connectivity index (χ0) is 24.2. The van der Waals surface area contributed by atoms with Crippen molar-refractivity contribution in [2.24, 2.45) is 0 Å². The van der Waals surface area contributed by atoms with Crippen LogP contribution in [0, 0.1) is 12.7 Å². The Morgan fingerprint density at radius 1 is 0.829 bits per heavy atom. The molecule has 182 valence electrons. The number of nitrogens with zero attached hydrogens (tertiary/aromatic N) is 2. The number of carbonyl (C=O) groups excluding carboxylic acids is 1. The van der Waals surface area contributed by atoms with Gasteiger partial charge in [0, 0.05) is 36.4 Å². The molecule has 35 heavy (non-hydrogen) atoms. The molecule has 0 aromatic heterocycles. The van der Waals surface area contributed by atoms with E-state index >= 15 is 0 Å². The third kappa shape index (κ3) is 5.33. The lowest BCUT2D eigenvalue weighted by atomic mass is 9.78. The lowest BCUT2D eigenvalue weighted by Gasteiger charge is -2.45. The number of carbonyl (C=O) groups is 1. The van der Waals surface area contributed by atoms with E-state index in [4.69, 9.17) is 0 Å². The average molecular weight is 471 g/mol. The molecule has 0 radical (unpaired) electrons. The van der Waals surface area contributed by atoms with Crippen LogP contribution in [0.15, 0.2) is 78.9 Å². The minimum absolute atomic E-state index is 0.0490. The monoisotopic (exact) mass is 470 g/mol. The number of amides is 1. The third-order valence-electron chi connectivity index (χ3n) is 7.91. The molecule has 3 nitrogen and oxygen atoms in total. The standard InChI is InChI=1S/C31H35FN2O/c1-23-11-17-27(18-12-23)34(31(35)25-13-15-26(32)16-14-25)28-19-21-33(22-20-28)30-10-6-5-9-29(30)24-7-3-2-4-8-24/h2-4,7-8,11-18,28-30H,5-6,9-10,19-22H2,1H3/t29?,30-/m0/s1. The van der Waals surface area contributed by atoms with Crippen molar-refractivity contribution in [3.8, 4) is 0 Å². The summed E-state index contributed by atoms with van der Waals surface area (Å²) < 4.78 is 13.5. The summed E-state index contributed by atoms with van der Waals surface area (Å²) in [6.07, 6.45) is 7.00. The second kappa shape index (κ2) is 10.7. The van der Waals surface area contributed by atoms with Gasteiger partial charge >= 0.3 is 0 Å². The van der Waals surface area contributed by atoms with Crippen LogP contribution in [0.4, 0.5) is 10.1 Å². The van der Waals surface area contributed by atoms with Crippen molar-refractivity contribution in [3.05, 3.63) is 101 Å². The first-order valence-corrected chi connectivity index (χ1v) is 13.0. The molecule has 0 bridgehead atoms. The lowest BCUT2D eigenvalue weighted by molar-refractivity contribution is 0.0895. The maximum Gasteiger partial charge on any atom is 0.258 e. The normalized spacial score (nSPS) is 21.5. The molecule has 1 saturated heterocycles. The Morgan fingerprint density at radius 2 is 1.49 bits per heavy atom. The van der Waals surface area contributed by atoms with Gasteiger partial charge in [-0.25, -0.2) is 4.39 Å². The van der Waals surface area contributed by atoms with Gasteiger partial charge < -0.3 is 4.90 Å². The number of aryl methyl sites for hydroxylation is 1. The Hall–Kier alpha value is -2.98. The SMILES string of the molecule is Cc1ccc(N(C(=O)c2ccc(F)cc2)C2CCN([C@H]3CCCCC3c3ccccc3)CC2)cc1. The highest BCUT2D eigenvalue weighted by Crippen LogP contribution is 2.38. The summed E-state index contributed by atoms with van der Waals surface area (Å²) in [5.74, 6) is 0.222. The zero-order valence-corrected chi connectivity index (χ0v) is 20.6. The summed E-state index contributed by atoms with van der Waals surface area (Å²) in [7, 11) is 0. The average Bonchev–Trinajstić information content (AvgIpc) is 2.91. The Morgan fingerprint density at radius 3 is 2.17 bits per heavy atom. The van der Waals surface area contributed by atoms with Crippen LogP contribution >= 0.6 is 0 Å². The Kier molecular flexibility index (Phi) is 7.29. The van der Waals surface area contributed by atoms with E-state index in [1.54, 1.807) is 12.1 Å². The smallest absolute Gasteiger partial charge is 0.258 e. The van der Waals surface area contributed by atoms with E-state index in [2.05, 4.69) is 54.3 Å². The van der Waals surface area contributed by atoms with E-state index in [0.717, 1.165) is 31.6 Å². The van der Waals surface area contributed by atoms with Crippen molar-refractivity contribution in [2.75, 3.05) is 18.0 Å². The molecule has 5 rings (SSSR count). The van der Waals surface area contributed by atoms with Gasteiger partial charge in [0.15, 0.2) is 0 Å². The third-order valence-corrected chi connectivity index (χ3v) is 7.91. The van der Waals surface area contributed by atoms with Gasteiger partial charge in [-0.15, -0.1) is 0 Å². The molecule has 0 spiro atoms. The molecule has 4 heteroatoms. The molecule has 1 amide bonds. The predicted molar refractivity (Wildman–Crippen MR) is 140 cm³/mol. The fourth-order valence-electron chi connectivity index (χ4n) is 6.04. The summed E-state index contributed by atoms with van der Waals surface area (Å²) >= 11 is 0. The van der Waals surface area contributed by atoms with E-state index in [0.29, 0.717) is 17.5 Å². The van der Waals surface area contributed by atoms with Crippen LogP contribution in [0.3, 0.4) is 0 Å². The molecule has 1 aliphatic carbocycles. The van der Waals surface area contributed by atoms with Crippen LogP contribution in [0.25, 0.3) is 0 Å². The van der Waals surface area contributed by atoms with Crippen molar-refractivity contribution in [1.82, 2.24) is 4.90 Å². The topological polar surface area (TPSA) is 23.6 Å². The fourth-order valence-corrected chi connectivity index (χ4v) is 6.04. The van der Waals surface area contributed by atoms with E-state index in [1.807, 2.05) is 17.0 Å². The molecule has 3 aromatic carbocycles. The molecule has 1 unspecified atom stereocenters. The molecule has 1 aliphatic heterocycles. The highest BCUT2D eigenvalue weighted by Gasteiger charge is 2.36. The van der Waals surface area contributed by atoms with Crippen LogP contribution in [-0.2, 0) is 0 Å². The first-order valence-electron chi connectivity index (χ1n) is 13.0. The van der Waals surface area contributed by atoms with E-state index < -0.39 is 0 Å². The molecule has 1 saturated carbocycles. The van der Waals surface area contributed by atoms with Gasteiger partial charge in [-0.05, 0) is 80.5 Å². The fraction of sp³-hybridized carbons (Fsp3) is 0.387. The number of anilines is 1. The van der Waals surface area contributed by atoms with E-state index in [1.165, 1.54) is 48.9 Å². The summed E-state index contributed by atoms with van der Waals surface area (Å²) in [6, 6.07) is 25.8. The van der Waals surface area contributed by atoms with Gasteiger partial charge in [0.25, 0.3) is 5.91 Å². The highest BCUT2D eigenvalue weighted by molar-refractivity contribution is 6.06. The Bertz CT molecular complexity index is 1100. The summed E-state index contributed by atoms with van der Waals surface area (Å²) in [5, 5.41) is 0. The zero-order valence-electron chi connectivity index (χ0n) is 20.6. The van der Waals surface area contributed by atoms with Gasteiger partial charge in [-0.2, -0.15) is 0 Å². The van der Waals surface area contributed by atoms with Gasteiger partial charge in [0.2, 0.25) is 0 Å². The van der Waals surface area contributed by atoms with Gasteiger partial charge in [-0.3, -0.25) is 9.69 Å². The number of halogens is 1. The molecule has 2 fully saturated rings. The van der Waals surface area contributed by atoms with Gasteiger partial charge in [-0.1, -0.05) is 60.9 Å². The van der Waals surface area contributed by atoms with Crippen LogP contribution in [0.5, 0.6) is 0 Å². The number of benzene rings is 3. The quantitative estimate of drug-likeness (QED) is 0.402. The minimum Gasteiger partial charge on any atom is -0.305 e. The number of rotatable bonds is 5. The van der Waals surface area contributed by atoms with Crippen LogP contribution in [0.1, 0.15) is 65.9 Å². The highest BCUT2D eigenvalue weighted by atomic mass is 19.1. The van der Waals surface area contributed by atoms with E-state index in [-0.39, 0.29) is 17.8 Å². The number of piperidine rings is 1. The maximum absolute atomic E-state index is 13.7. The number of hydrogen-bond donors (Lipinski definition) is 0. The molecule has 0 N–H and O–H groups in total. The molecular weight excluding hydrogens is 435 g/mol. The van der Waals surface area contributed by atoms with Gasteiger partial charge in [0.1, 0.15) is 5.82 Å². The first kappa shape index (κ1) is 23.7. The van der Waals surface area contributed by atoms with Crippen molar-refractivity contribution >= 4 is 11.6 Å². The predicted octanol–water partition coefficient (Wildman–Crippen LogP) is 6.97. The second-order valence-corrected chi connectivity index (χ2v) is 10.2. The van der Waals surface area contributed by atoms with Crippen molar-refractivity contribution in [3.63, 3.8) is 0 Å². The molecule has 2 aliphatic rings. The molecular formula is C31H35FN2O. The summed E-state index contributed by atoms with van der Waals surface area (Å²) in [5.41, 5.74) is 4.09. The first-order chi connectivity index (χ1) is 17.1. The largest absolute Gasteiger partial charge is 0.305 e. The molecule has 3 aromatic rings. The van der Waals surface area contributed by atoms with Crippen molar-refractivity contribution in [1.29, 1.82) is 0 Å². The molecule has 2 atom stereocenters. The van der Waals surface area contributed by atoms with Crippen LogP contribution in [0.2, 0.25) is 0 Å². The minimum atomic E-state index is -0.322. The number of hydrogen-bond acceptors (Lipinski definition) is 2. The maximum atomic E-state index is 13.7. The van der Waals surface area contributed by atoms with Crippen LogP contribution < -0.4 is 4.90 Å². The molecule has 1 heterocycles.